The molecule has 0 radical (unpaired) electrons. The highest BCUT2D eigenvalue weighted by Crippen LogP contribution is 2.23. The van der Waals surface area contributed by atoms with Gasteiger partial charge in [-0.05, 0) is 90.0 Å². The second-order valence-electron chi connectivity index (χ2n) is 24.9. The van der Waals surface area contributed by atoms with Gasteiger partial charge in [0.15, 0.2) is 9.84 Å². The SMILES string of the molecule is CC[C@H](C)[C@H]1C(=O)N[C@H](C(=O)N2CCCCC2)CS(=O)(=O)CC(=O)N(C)[C@@H](C)C(=O)N(C)[C@@H](Cc2ccccc2)C(=O)N(C)[C@@H](CC(C)C)C(=O)N[C@@](O)([C@@H](C)O)C(=O)N(C)CC(=O)N(C)[C@@H](CC(C)C)C(=O)N[C@@H](COC(C)(C)C)C(=O)N1C. The topological polar surface area (TPSA) is 313 Å². The van der Waals surface area contributed by atoms with E-state index in [1.54, 1.807) is 92.6 Å². The molecule has 0 unspecified atom stereocenters. The van der Waals surface area contributed by atoms with Crippen molar-refractivity contribution in [2.75, 3.05) is 80.0 Å². The Hall–Kier alpha value is -6.25. The molecule has 3 rings (SSSR count). The summed E-state index contributed by atoms with van der Waals surface area (Å²) >= 11 is 0. The zero-order valence-electron chi connectivity index (χ0n) is 53.2. The van der Waals surface area contributed by atoms with Crippen LogP contribution < -0.4 is 16.0 Å². The monoisotopic (exact) mass is 1220 g/mol. The van der Waals surface area contributed by atoms with Crippen LogP contribution in [0.2, 0.25) is 0 Å². The number of likely N-dealkylation sites (N-methyl/N-ethyl adjacent to an activating group) is 6. The molecule has 0 aliphatic carbocycles. The van der Waals surface area contributed by atoms with Crippen molar-refractivity contribution in [3.8, 4) is 0 Å². The molecule has 0 bridgehead atoms. The van der Waals surface area contributed by atoms with Crippen molar-refractivity contribution in [3.05, 3.63) is 35.9 Å². The van der Waals surface area contributed by atoms with Crippen molar-refractivity contribution in [1.82, 2.24) is 50.2 Å². The lowest BCUT2D eigenvalue weighted by atomic mass is 9.95. The minimum Gasteiger partial charge on any atom is -0.388 e. The third kappa shape index (κ3) is 20.2. The van der Waals surface area contributed by atoms with Gasteiger partial charge in [-0.15, -0.1) is 0 Å². The quantitative estimate of drug-likeness (QED) is 0.189. The Kier molecular flexibility index (Phi) is 27.0. The van der Waals surface area contributed by atoms with Crippen molar-refractivity contribution in [2.24, 2.45) is 17.8 Å². The average Bonchev–Trinajstić information content (AvgIpc) is 2.49. The first kappa shape index (κ1) is 73.0. The van der Waals surface area contributed by atoms with Gasteiger partial charge in [0.2, 0.25) is 58.9 Å². The van der Waals surface area contributed by atoms with Crippen molar-refractivity contribution in [1.29, 1.82) is 0 Å². The molecule has 26 heteroatoms. The van der Waals surface area contributed by atoms with Crippen molar-refractivity contribution in [3.63, 3.8) is 0 Å². The van der Waals surface area contributed by atoms with Crippen LogP contribution in [0.15, 0.2) is 30.3 Å². The van der Waals surface area contributed by atoms with Gasteiger partial charge in [-0.25, -0.2) is 8.42 Å². The summed E-state index contributed by atoms with van der Waals surface area (Å²) in [5.74, 6) is -12.8. The summed E-state index contributed by atoms with van der Waals surface area (Å²) in [6.07, 6.45) is 0.0865. The number of nitrogens with one attached hydrogen (secondary N) is 3. The lowest BCUT2D eigenvalue weighted by molar-refractivity contribution is -0.174. The molecule has 2 heterocycles. The van der Waals surface area contributed by atoms with Crippen LogP contribution >= 0.6 is 0 Å². The molecule has 0 saturated carbocycles. The molecule has 0 spiro atoms. The summed E-state index contributed by atoms with van der Waals surface area (Å²) in [5.41, 5.74) is -3.41. The summed E-state index contributed by atoms with van der Waals surface area (Å²) in [4.78, 5) is 153. The second kappa shape index (κ2) is 31.4. The fraction of sp³-hybridized carbons (Fsp3) is 0.729. The van der Waals surface area contributed by atoms with Gasteiger partial charge in [-0.1, -0.05) is 78.3 Å². The van der Waals surface area contributed by atoms with E-state index in [2.05, 4.69) is 16.0 Å². The molecule has 1 aromatic rings. The van der Waals surface area contributed by atoms with Crippen molar-refractivity contribution >= 4 is 68.9 Å². The van der Waals surface area contributed by atoms with E-state index in [1.165, 1.54) is 47.1 Å². The van der Waals surface area contributed by atoms with Gasteiger partial charge in [0, 0.05) is 61.8 Å². The van der Waals surface area contributed by atoms with Crippen molar-refractivity contribution in [2.45, 2.75) is 181 Å². The lowest BCUT2D eigenvalue weighted by Gasteiger charge is -2.39. The highest BCUT2D eigenvalue weighted by molar-refractivity contribution is 7.92. The van der Waals surface area contributed by atoms with E-state index in [0.717, 1.165) is 49.8 Å². The Morgan fingerprint density at radius 2 is 1.25 bits per heavy atom. The molecule has 2 aliphatic heterocycles. The Morgan fingerprint density at radius 1 is 0.706 bits per heavy atom. The normalized spacial score (nSPS) is 27.0. The molecule has 2 saturated heterocycles. The summed E-state index contributed by atoms with van der Waals surface area (Å²) in [6, 6.07) is -1.71. The average molecular weight is 1220 g/mol. The van der Waals surface area contributed by atoms with Gasteiger partial charge in [0.25, 0.3) is 5.91 Å². The van der Waals surface area contributed by atoms with Crippen LogP contribution in [-0.4, -0.2) is 252 Å². The molecule has 25 nitrogen and oxygen atoms in total. The van der Waals surface area contributed by atoms with Crippen LogP contribution in [0.3, 0.4) is 0 Å². The van der Waals surface area contributed by atoms with Gasteiger partial charge < -0.3 is 65.2 Å². The van der Waals surface area contributed by atoms with E-state index in [1.807, 2.05) is 0 Å². The highest BCUT2D eigenvalue weighted by Gasteiger charge is 2.48. The van der Waals surface area contributed by atoms with Gasteiger partial charge in [0.1, 0.15) is 54.1 Å². The number of nitrogens with zero attached hydrogens (tertiary/aromatic N) is 7. The molecule has 85 heavy (non-hydrogen) atoms. The lowest BCUT2D eigenvalue weighted by Crippen LogP contribution is -2.68. The fourth-order valence-corrected chi connectivity index (χ4v) is 11.7. The fourth-order valence-electron chi connectivity index (χ4n) is 10.2. The first-order valence-corrected chi connectivity index (χ1v) is 31.2. The van der Waals surface area contributed by atoms with Gasteiger partial charge in [-0.3, -0.25) is 47.9 Å². The summed E-state index contributed by atoms with van der Waals surface area (Å²) in [5, 5.41) is 30.7. The van der Waals surface area contributed by atoms with Gasteiger partial charge in [-0.2, -0.15) is 0 Å². The number of sulfone groups is 1. The number of carbonyl (C=O) groups excluding carboxylic acids is 10. The number of piperidine rings is 1. The van der Waals surface area contributed by atoms with Crippen LogP contribution in [-0.2, 0) is 68.9 Å². The number of ether oxygens (including phenoxy) is 1. The maximum atomic E-state index is 15.0. The molecule has 10 amide bonds. The summed E-state index contributed by atoms with van der Waals surface area (Å²) < 4.78 is 34.7. The van der Waals surface area contributed by atoms with Gasteiger partial charge >= 0.3 is 0 Å². The van der Waals surface area contributed by atoms with Crippen LogP contribution in [0.25, 0.3) is 0 Å². The first-order valence-electron chi connectivity index (χ1n) is 29.4. The molecule has 2 aliphatic rings. The maximum absolute atomic E-state index is 15.0. The van der Waals surface area contributed by atoms with E-state index in [9.17, 15) is 66.6 Å². The highest BCUT2D eigenvalue weighted by atomic mass is 32.2. The van der Waals surface area contributed by atoms with E-state index < -0.39 is 159 Å². The number of rotatable bonds is 12. The zero-order chi connectivity index (χ0) is 64.8. The number of hydrogen-bond acceptors (Lipinski definition) is 15. The van der Waals surface area contributed by atoms with E-state index >= 15 is 0 Å². The third-order valence-electron chi connectivity index (χ3n) is 15.9. The second-order valence-corrected chi connectivity index (χ2v) is 27.0. The standard InChI is InChI=1S/C59H98N10O15S/c1-18-38(6)49-52(75)61-43(55(78)69-27-23-20-24-28-69)34-85(82,83)35-48(72)64(13)39(7)53(76)67(16)46(31-41-25-21-19-22-26-41)56(79)66(15)45(30-37(4)5)51(74)62-59(81,40(8)70)57(80)63(12)32-47(71)65(14)44(29-36(2)3)50(73)60-42(54(77)68(49)17)33-84-58(9,10)11/h19,21-22,25-26,36-40,42-46,49,70,81H,18,20,23-24,27-35H2,1-17H3,(H,60,73)(H,61,75)(H,62,74)/t38-,39-,40+,42-,43-,44-,45-,46-,49-,59+/m0/s1. The number of hydrogen-bond donors (Lipinski definition) is 5. The molecule has 1 aromatic carbocycles. The summed E-state index contributed by atoms with van der Waals surface area (Å²) in [6.45, 7) is 17.3. The molecule has 2 fully saturated rings. The molecule has 0 aromatic heterocycles. The Balaban J connectivity index is 2.34. The minimum atomic E-state index is -4.64. The third-order valence-corrected chi connectivity index (χ3v) is 17.4. The largest absolute Gasteiger partial charge is 0.388 e. The van der Waals surface area contributed by atoms with Crippen LogP contribution in [0.5, 0.6) is 0 Å². The summed E-state index contributed by atoms with van der Waals surface area (Å²) in [7, 11) is 2.90. The number of benzene rings is 1. The predicted molar refractivity (Wildman–Crippen MR) is 318 cm³/mol. The number of likely N-dealkylation sites (tertiary alicyclic amines) is 1. The Labute approximate surface area is 503 Å². The zero-order valence-corrected chi connectivity index (χ0v) is 54.0. The molecule has 5 N–H and O–H groups in total. The molecular weight excluding hydrogens is 1120 g/mol. The van der Waals surface area contributed by atoms with E-state index in [0.29, 0.717) is 24.8 Å². The van der Waals surface area contributed by atoms with Crippen LogP contribution in [0.4, 0.5) is 0 Å². The van der Waals surface area contributed by atoms with Crippen LogP contribution in [0, 0.1) is 17.8 Å². The Morgan fingerprint density at radius 3 is 1.76 bits per heavy atom. The van der Waals surface area contributed by atoms with Crippen molar-refractivity contribution < 1.29 is 71.3 Å². The Bertz CT molecular complexity index is 2630. The first-order chi connectivity index (χ1) is 39.3. The molecular formula is C59H98N10O15S. The molecule has 480 valence electrons. The number of carbonyl (C=O) groups is 10. The number of amides is 10. The van der Waals surface area contributed by atoms with E-state index in [4.69, 9.17) is 4.74 Å². The van der Waals surface area contributed by atoms with Gasteiger partial charge in [0.05, 0.1) is 24.5 Å². The number of aliphatic hydroxyl groups is 2. The minimum absolute atomic E-state index is 0.0179. The van der Waals surface area contributed by atoms with E-state index in [-0.39, 0.29) is 44.2 Å². The predicted octanol–water partition coefficient (Wildman–Crippen LogP) is 0.392. The number of aliphatic hydroxyl groups excluding tert-OH is 1. The van der Waals surface area contributed by atoms with Crippen LogP contribution in [0.1, 0.15) is 120 Å². The molecule has 10 atom stereocenters. The maximum Gasteiger partial charge on any atom is 0.278 e. The smallest absolute Gasteiger partial charge is 0.278 e.